The van der Waals surface area contributed by atoms with Gasteiger partial charge in [-0.05, 0) is 42.2 Å². The number of methoxy groups -OCH3 is 1. The molecule has 170 valence electrons. The highest BCUT2D eigenvalue weighted by Crippen LogP contribution is 2.21. The molecule has 3 N–H and O–H groups in total. The predicted octanol–water partition coefficient (Wildman–Crippen LogP) is 2.58. The van der Waals surface area contributed by atoms with Crippen molar-refractivity contribution in [2.75, 3.05) is 20.2 Å². The van der Waals surface area contributed by atoms with Crippen LogP contribution in [0.5, 0.6) is 5.75 Å². The third kappa shape index (κ3) is 7.23. The van der Waals surface area contributed by atoms with Gasteiger partial charge in [0.1, 0.15) is 5.75 Å². The fraction of sp³-hybridized carbons (Fsp3) is 0.409. The van der Waals surface area contributed by atoms with E-state index in [0.717, 1.165) is 5.56 Å². The minimum absolute atomic E-state index is 0.000213. The summed E-state index contributed by atoms with van der Waals surface area (Å²) >= 11 is 0. The van der Waals surface area contributed by atoms with Gasteiger partial charge >= 0.3 is 6.09 Å². The summed E-state index contributed by atoms with van der Waals surface area (Å²) in [6.07, 6.45) is -2.30. The number of hydrogen-bond acceptors (Lipinski definition) is 5. The standard InChI is InChI=1S/C22H30N2O6S/c1-16(2)14-24(31(28,29)19-11-9-18(30-3)10-12-19)15-21(25)20(23-22(26)27)13-17-7-5-4-6-8-17/h4-12,16,20-21,23,25H,13-15H2,1-3H3,(H,26,27)/t20-,21+/m0/s1. The van der Waals surface area contributed by atoms with E-state index in [1.54, 1.807) is 12.1 Å². The van der Waals surface area contributed by atoms with Crippen LogP contribution in [0.4, 0.5) is 4.79 Å². The number of benzene rings is 2. The van der Waals surface area contributed by atoms with Gasteiger partial charge in [0.2, 0.25) is 10.0 Å². The first kappa shape index (κ1) is 24.6. The van der Waals surface area contributed by atoms with Crippen LogP contribution in [0.25, 0.3) is 0 Å². The van der Waals surface area contributed by atoms with Crippen LogP contribution in [0.2, 0.25) is 0 Å². The second-order valence-electron chi connectivity index (χ2n) is 7.70. The van der Waals surface area contributed by atoms with Crippen LogP contribution >= 0.6 is 0 Å². The number of nitrogens with zero attached hydrogens (tertiary/aromatic N) is 1. The maximum Gasteiger partial charge on any atom is 0.404 e. The van der Waals surface area contributed by atoms with E-state index in [2.05, 4.69) is 5.32 Å². The Labute approximate surface area is 183 Å². The molecule has 0 heterocycles. The fourth-order valence-corrected chi connectivity index (χ4v) is 4.84. The summed E-state index contributed by atoms with van der Waals surface area (Å²) in [6, 6.07) is 14.3. The largest absolute Gasteiger partial charge is 0.497 e. The first-order valence-corrected chi connectivity index (χ1v) is 11.4. The minimum Gasteiger partial charge on any atom is -0.497 e. The molecular weight excluding hydrogens is 420 g/mol. The van der Waals surface area contributed by atoms with Crippen molar-refractivity contribution < 1.29 is 28.2 Å². The van der Waals surface area contributed by atoms with Gasteiger partial charge in [0.05, 0.1) is 24.2 Å². The van der Waals surface area contributed by atoms with Gasteiger partial charge in [-0.2, -0.15) is 4.31 Å². The van der Waals surface area contributed by atoms with Crippen LogP contribution in [-0.4, -0.2) is 61.4 Å². The smallest absolute Gasteiger partial charge is 0.404 e. The molecule has 2 aromatic rings. The van der Waals surface area contributed by atoms with E-state index in [1.807, 2.05) is 44.2 Å². The molecule has 0 bridgehead atoms. The van der Waals surface area contributed by atoms with Gasteiger partial charge in [0.15, 0.2) is 0 Å². The van der Waals surface area contributed by atoms with Crippen molar-refractivity contribution >= 4 is 16.1 Å². The quantitative estimate of drug-likeness (QED) is 0.485. The van der Waals surface area contributed by atoms with Gasteiger partial charge in [-0.15, -0.1) is 0 Å². The second-order valence-corrected chi connectivity index (χ2v) is 9.64. The van der Waals surface area contributed by atoms with Crippen molar-refractivity contribution in [3.05, 3.63) is 60.2 Å². The maximum absolute atomic E-state index is 13.2. The number of carbonyl (C=O) groups is 1. The molecule has 0 aromatic heterocycles. The lowest BCUT2D eigenvalue weighted by Gasteiger charge is -2.30. The first-order valence-electron chi connectivity index (χ1n) is 9.99. The molecule has 9 heteroatoms. The van der Waals surface area contributed by atoms with E-state index in [9.17, 15) is 23.4 Å². The van der Waals surface area contributed by atoms with Crippen molar-refractivity contribution in [2.24, 2.45) is 5.92 Å². The van der Waals surface area contributed by atoms with Crippen LogP contribution in [0.1, 0.15) is 19.4 Å². The number of nitrogens with one attached hydrogen (secondary N) is 1. The zero-order chi connectivity index (χ0) is 23.0. The summed E-state index contributed by atoms with van der Waals surface area (Å²) in [5.41, 5.74) is 0.828. The van der Waals surface area contributed by atoms with Crippen LogP contribution in [0.3, 0.4) is 0 Å². The monoisotopic (exact) mass is 450 g/mol. The summed E-state index contributed by atoms with van der Waals surface area (Å²) in [7, 11) is -2.42. The maximum atomic E-state index is 13.2. The highest BCUT2D eigenvalue weighted by molar-refractivity contribution is 7.89. The molecule has 8 nitrogen and oxygen atoms in total. The van der Waals surface area contributed by atoms with Crippen molar-refractivity contribution in [2.45, 2.75) is 37.3 Å². The van der Waals surface area contributed by atoms with Gasteiger partial charge in [-0.3, -0.25) is 0 Å². The lowest BCUT2D eigenvalue weighted by molar-refractivity contribution is 0.0980. The van der Waals surface area contributed by atoms with Crippen molar-refractivity contribution in [3.8, 4) is 5.75 Å². The molecule has 0 saturated carbocycles. The molecule has 0 radical (unpaired) electrons. The third-order valence-electron chi connectivity index (χ3n) is 4.73. The van der Waals surface area contributed by atoms with E-state index in [4.69, 9.17) is 4.74 Å². The number of aliphatic hydroxyl groups excluding tert-OH is 1. The Morgan fingerprint density at radius 2 is 1.68 bits per heavy atom. The summed E-state index contributed by atoms with van der Waals surface area (Å²) in [5, 5.41) is 22.4. The zero-order valence-corrected chi connectivity index (χ0v) is 18.7. The first-order chi connectivity index (χ1) is 14.6. The van der Waals surface area contributed by atoms with E-state index < -0.39 is 28.3 Å². The molecule has 0 fully saturated rings. The molecule has 0 unspecified atom stereocenters. The second kappa shape index (κ2) is 11.1. The molecule has 0 spiro atoms. The highest BCUT2D eigenvalue weighted by atomic mass is 32.2. The fourth-order valence-electron chi connectivity index (χ4n) is 3.22. The van der Waals surface area contributed by atoms with Gasteiger partial charge in [0, 0.05) is 13.1 Å². The van der Waals surface area contributed by atoms with Crippen LogP contribution < -0.4 is 10.1 Å². The molecule has 2 atom stereocenters. The van der Waals surface area contributed by atoms with E-state index in [-0.39, 0.29) is 30.3 Å². The zero-order valence-electron chi connectivity index (χ0n) is 17.9. The molecule has 0 saturated heterocycles. The number of sulfonamides is 1. The Hall–Kier alpha value is -2.62. The summed E-state index contributed by atoms with van der Waals surface area (Å²) in [6.45, 7) is 3.68. The minimum atomic E-state index is -3.91. The summed E-state index contributed by atoms with van der Waals surface area (Å²) in [5.74, 6) is 0.531. The molecule has 0 aliphatic rings. The molecule has 2 rings (SSSR count). The number of rotatable bonds is 11. The number of aliphatic hydroxyl groups is 1. The Kier molecular flexibility index (Phi) is 8.85. The SMILES string of the molecule is COc1ccc(S(=O)(=O)N(CC(C)C)C[C@@H](O)[C@H](Cc2ccccc2)NC(=O)O)cc1. The molecule has 0 aliphatic carbocycles. The molecule has 2 aromatic carbocycles. The average Bonchev–Trinajstić information content (AvgIpc) is 2.73. The van der Waals surface area contributed by atoms with Crippen LogP contribution in [-0.2, 0) is 16.4 Å². The topological polar surface area (TPSA) is 116 Å². The Balaban J connectivity index is 2.27. The Morgan fingerprint density at radius 1 is 1.06 bits per heavy atom. The molecular formula is C22H30N2O6S. The van der Waals surface area contributed by atoms with E-state index >= 15 is 0 Å². The number of carboxylic acid groups (broad SMARTS) is 1. The average molecular weight is 451 g/mol. The van der Waals surface area contributed by atoms with Crippen LogP contribution in [0, 0.1) is 5.92 Å². The van der Waals surface area contributed by atoms with Gasteiger partial charge < -0.3 is 20.3 Å². The van der Waals surface area contributed by atoms with E-state index in [0.29, 0.717) is 5.75 Å². The predicted molar refractivity (Wildman–Crippen MR) is 118 cm³/mol. The lowest BCUT2D eigenvalue weighted by atomic mass is 10.0. The molecule has 0 aliphatic heterocycles. The number of ether oxygens (including phenoxy) is 1. The Bertz CT molecular complexity index is 932. The van der Waals surface area contributed by atoms with Crippen LogP contribution in [0.15, 0.2) is 59.5 Å². The van der Waals surface area contributed by atoms with Crippen molar-refractivity contribution in [3.63, 3.8) is 0 Å². The normalized spacial score (nSPS) is 13.7. The van der Waals surface area contributed by atoms with Gasteiger partial charge in [-0.25, -0.2) is 13.2 Å². The summed E-state index contributed by atoms with van der Waals surface area (Å²) in [4.78, 5) is 11.4. The Morgan fingerprint density at radius 3 is 2.19 bits per heavy atom. The lowest BCUT2D eigenvalue weighted by Crippen LogP contribution is -2.50. The van der Waals surface area contributed by atoms with Gasteiger partial charge in [-0.1, -0.05) is 44.2 Å². The number of hydrogen-bond donors (Lipinski definition) is 3. The molecule has 1 amide bonds. The van der Waals surface area contributed by atoms with Crippen molar-refractivity contribution in [1.29, 1.82) is 0 Å². The third-order valence-corrected chi connectivity index (χ3v) is 6.57. The summed E-state index contributed by atoms with van der Waals surface area (Å²) < 4.78 is 32.8. The molecule has 31 heavy (non-hydrogen) atoms. The van der Waals surface area contributed by atoms with Crippen molar-refractivity contribution in [1.82, 2.24) is 9.62 Å². The van der Waals surface area contributed by atoms with Gasteiger partial charge in [0.25, 0.3) is 0 Å². The number of amides is 1. The van der Waals surface area contributed by atoms with E-state index in [1.165, 1.54) is 23.5 Å². The highest BCUT2D eigenvalue weighted by Gasteiger charge is 2.31.